The quantitative estimate of drug-likeness (QED) is 0.213. The number of carboxylic acid groups (broad SMARTS) is 3. The van der Waals surface area contributed by atoms with E-state index in [2.05, 4.69) is 16.0 Å². The molecule has 34 heavy (non-hydrogen) atoms. The Balaban J connectivity index is 0. The molecule has 1 aromatic rings. The van der Waals surface area contributed by atoms with Crippen LogP contribution < -0.4 is 21.7 Å². The van der Waals surface area contributed by atoms with Crippen LogP contribution in [0.5, 0.6) is 0 Å². The maximum atomic E-state index is 11.1. The molecule has 3 radical (unpaired) electrons. The maximum absolute atomic E-state index is 11.1. The zero-order valence-corrected chi connectivity index (χ0v) is 24.1. The van der Waals surface area contributed by atoms with Crippen molar-refractivity contribution < 1.29 is 34.5 Å². The number of rotatable bonds is 7. The van der Waals surface area contributed by atoms with Gasteiger partial charge in [0.05, 0.1) is 6.04 Å². The molecule has 0 aliphatic carbocycles. The molecule has 2 aliphatic heterocycles. The molecule has 0 spiro atoms. The Bertz CT molecular complexity index is 746. The van der Waals surface area contributed by atoms with Crippen LogP contribution in [0, 0.1) is 0 Å². The van der Waals surface area contributed by atoms with Gasteiger partial charge in [0.15, 0.2) is 0 Å². The Morgan fingerprint density at radius 1 is 0.971 bits per heavy atom. The van der Waals surface area contributed by atoms with E-state index in [1.165, 1.54) is 0 Å². The number of carbonyl (C=O) groups is 4. The van der Waals surface area contributed by atoms with Gasteiger partial charge >= 0.3 is 17.9 Å². The Kier molecular flexibility index (Phi) is 21.5. The number of carboxylic acids is 3. The Morgan fingerprint density at radius 2 is 1.50 bits per heavy atom. The van der Waals surface area contributed by atoms with E-state index in [1.807, 2.05) is 30.3 Å². The average molecular weight is 516 g/mol. The van der Waals surface area contributed by atoms with Crippen molar-refractivity contribution in [3.63, 3.8) is 0 Å². The van der Waals surface area contributed by atoms with Gasteiger partial charge in [-0.1, -0.05) is 30.3 Å². The number of nitrogens with one attached hydrogen (secondary N) is 3. The maximum Gasteiger partial charge on any atom is 0.322 e. The van der Waals surface area contributed by atoms with Crippen LogP contribution in [-0.4, -0.2) is 151 Å². The summed E-state index contributed by atoms with van der Waals surface area (Å²) in [6, 6.07) is 8.08. The number of aliphatic carboxylic acids is 3. The summed E-state index contributed by atoms with van der Waals surface area (Å²) in [5, 5.41) is 33.3. The first-order chi connectivity index (χ1) is 15.2. The number of benzene rings is 1. The molecule has 2 aliphatic rings. The summed E-state index contributed by atoms with van der Waals surface area (Å²) < 4.78 is 0. The van der Waals surface area contributed by atoms with Gasteiger partial charge in [-0.25, -0.2) is 0 Å². The van der Waals surface area contributed by atoms with Crippen molar-refractivity contribution in [1.29, 1.82) is 0 Å². The third-order valence-electron chi connectivity index (χ3n) is 4.76. The first kappa shape index (κ1) is 35.5. The number of amides is 1. The van der Waals surface area contributed by atoms with E-state index < -0.39 is 23.9 Å². The number of hydrogen-bond acceptors (Lipinski definition) is 7. The fraction of sp³-hybridized carbons (Fsp3) is 0.524. The molecule has 2 fully saturated rings. The third-order valence-corrected chi connectivity index (χ3v) is 4.76. The Hall–Kier alpha value is -0.617. The van der Waals surface area contributed by atoms with E-state index >= 15 is 0 Å². The molecule has 2 saturated heterocycles. The standard InChI is InChI=1S/C9H11NO2.C7H12N2O3.C5H9NO2.K.Mg/c10-8(9(11)12)6-7-4-2-1-3-5-7;10-6(11)4-9-7(12)5-2-1-3-8-5;7-5(8)4-2-1-3-6-4;;/h1-5,8H,6,10H2,(H,11,12);5,8H,1-4H2,(H,9,12)(H,10,11);4,6H,1-3H2,(H,7,8);;/t8-;5-;4-;;/m000../s1. The van der Waals surface area contributed by atoms with Gasteiger partial charge in [-0.3, -0.25) is 19.2 Å². The van der Waals surface area contributed by atoms with Crippen LogP contribution >= 0.6 is 0 Å². The molecule has 2 heterocycles. The molecule has 1 aromatic carbocycles. The second kappa shape index (κ2) is 20.6. The van der Waals surface area contributed by atoms with Crippen molar-refractivity contribution in [2.24, 2.45) is 5.73 Å². The molecule has 13 heteroatoms. The molecule has 3 rings (SSSR count). The monoisotopic (exact) mass is 515 g/mol. The van der Waals surface area contributed by atoms with Crippen molar-refractivity contribution >= 4 is 98.3 Å². The van der Waals surface area contributed by atoms with E-state index in [-0.39, 0.29) is 99.0 Å². The van der Waals surface area contributed by atoms with Gasteiger partial charge in [0.1, 0.15) is 18.6 Å². The molecule has 0 saturated carbocycles. The zero-order valence-electron chi connectivity index (χ0n) is 19.5. The van der Waals surface area contributed by atoms with Crippen molar-refractivity contribution in [1.82, 2.24) is 16.0 Å². The van der Waals surface area contributed by atoms with Gasteiger partial charge in [0.2, 0.25) is 5.91 Å². The summed E-state index contributed by atoms with van der Waals surface area (Å²) in [5.41, 5.74) is 6.30. The van der Waals surface area contributed by atoms with Crippen LogP contribution in [0.2, 0.25) is 0 Å². The molecule has 0 bridgehead atoms. The second-order valence-electron chi connectivity index (χ2n) is 7.38. The van der Waals surface area contributed by atoms with E-state index in [0.29, 0.717) is 6.42 Å². The van der Waals surface area contributed by atoms with Crippen LogP contribution in [-0.2, 0) is 25.6 Å². The van der Waals surface area contributed by atoms with E-state index in [4.69, 9.17) is 21.1 Å². The van der Waals surface area contributed by atoms with Crippen LogP contribution in [0.15, 0.2) is 30.3 Å². The molecular weight excluding hydrogens is 484 g/mol. The minimum Gasteiger partial charge on any atom is -0.480 e. The number of hydrogen-bond donors (Lipinski definition) is 7. The minimum absolute atomic E-state index is 0. The summed E-state index contributed by atoms with van der Waals surface area (Å²) in [6.07, 6.45) is 3.94. The van der Waals surface area contributed by atoms with E-state index in [1.54, 1.807) is 0 Å². The topological polar surface area (TPSA) is 191 Å². The Morgan fingerprint density at radius 3 is 1.88 bits per heavy atom. The van der Waals surface area contributed by atoms with Crippen molar-refractivity contribution in [2.45, 2.75) is 50.2 Å². The summed E-state index contributed by atoms with van der Waals surface area (Å²) in [5.74, 6) is -2.90. The number of nitrogens with two attached hydrogens (primary N) is 1. The van der Waals surface area contributed by atoms with E-state index in [0.717, 1.165) is 44.3 Å². The molecule has 11 nitrogen and oxygen atoms in total. The summed E-state index contributed by atoms with van der Waals surface area (Å²) in [6.45, 7) is 1.40. The SMILES string of the molecule is N[C@@H](Cc1ccccc1)C(=O)O.O=C(O)CNC(=O)[C@@H]1CCCN1.O=C(O)[C@@H]1CCCN1.[K].[Mg]. The molecule has 0 unspecified atom stereocenters. The Labute approximate surface area is 257 Å². The van der Waals surface area contributed by atoms with Crippen LogP contribution in [0.3, 0.4) is 0 Å². The summed E-state index contributed by atoms with van der Waals surface area (Å²) >= 11 is 0. The minimum atomic E-state index is -1.01. The van der Waals surface area contributed by atoms with Crippen molar-refractivity contribution in [2.75, 3.05) is 19.6 Å². The van der Waals surface area contributed by atoms with Gasteiger partial charge in [-0.05, 0) is 50.8 Å². The van der Waals surface area contributed by atoms with Gasteiger partial charge in [-0.15, -0.1) is 0 Å². The predicted octanol–water partition coefficient (Wildman–Crippen LogP) is -1.36. The average Bonchev–Trinajstić information content (AvgIpc) is 3.48. The van der Waals surface area contributed by atoms with Gasteiger partial charge in [-0.2, -0.15) is 0 Å². The third kappa shape index (κ3) is 16.1. The largest absolute Gasteiger partial charge is 0.480 e. The summed E-state index contributed by atoms with van der Waals surface area (Å²) in [7, 11) is 0. The molecule has 1 amide bonds. The smallest absolute Gasteiger partial charge is 0.322 e. The van der Waals surface area contributed by atoms with Gasteiger partial charge < -0.3 is 37.0 Å². The fourth-order valence-corrected chi connectivity index (χ4v) is 3.04. The number of carbonyl (C=O) groups excluding carboxylic acids is 1. The van der Waals surface area contributed by atoms with Crippen LogP contribution in [0.4, 0.5) is 0 Å². The molecule has 0 aromatic heterocycles. The molecule has 8 N–H and O–H groups in total. The van der Waals surface area contributed by atoms with Crippen LogP contribution in [0.25, 0.3) is 0 Å². The fourth-order valence-electron chi connectivity index (χ4n) is 3.04. The van der Waals surface area contributed by atoms with E-state index in [9.17, 15) is 19.2 Å². The first-order valence-electron chi connectivity index (χ1n) is 10.4. The van der Waals surface area contributed by atoms with Gasteiger partial charge in [0, 0.05) is 74.4 Å². The zero-order chi connectivity index (χ0) is 23.9. The first-order valence-corrected chi connectivity index (χ1v) is 10.4. The molecule has 181 valence electrons. The van der Waals surface area contributed by atoms with Crippen LogP contribution in [0.1, 0.15) is 31.2 Å². The normalized spacial score (nSPS) is 18.9. The van der Waals surface area contributed by atoms with Crippen molar-refractivity contribution in [3.8, 4) is 0 Å². The molecular formula is C21H32KMgN4O7. The molecule has 3 atom stereocenters. The predicted molar refractivity (Wildman–Crippen MR) is 128 cm³/mol. The summed E-state index contributed by atoms with van der Waals surface area (Å²) in [4.78, 5) is 41.7. The van der Waals surface area contributed by atoms with Crippen molar-refractivity contribution in [3.05, 3.63) is 35.9 Å². The second-order valence-corrected chi connectivity index (χ2v) is 7.38. The van der Waals surface area contributed by atoms with Gasteiger partial charge in [0.25, 0.3) is 0 Å².